The van der Waals surface area contributed by atoms with E-state index in [-0.39, 0.29) is 36.9 Å². The zero-order valence-corrected chi connectivity index (χ0v) is 13.1. The van der Waals surface area contributed by atoms with Crippen LogP contribution in [0, 0.1) is 0 Å². The number of urea groups is 1. The predicted octanol–water partition coefficient (Wildman–Crippen LogP) is -1.11. The van der Waals surface area contributed by atoms with Crippen molar-refractivity contribution >= 4 is 11.9 Å². The fourth-order valence-corrected chi connectivity index (χ4v) is 2.40. The van der Waals surface area contributed by atoms with Crippen LogP contribution in [-0.2, 0) is 10.3 Å². The van der Waals surface area contributed by atoms with E-state index in [4.69, 9.17) is 0 Å². The van der Waals surface area contributed by atoms with Gasteiger partial charge in [0.05, 0.1) is 0 Å². The molecule has 2 N–H and O–H groups in total. The molecule has 0 unspecified atom stereocenters. The average Bonchev–Trinajstić information content (AvgIpc) is 2.76. The van der Waals surface area contributed by atoms with Crippen molar-refractivity contribution < 1.29 is 40.6 Å². The van der Waals surface area contributed by atoms with Crippen molar-refractivity contribution in [2.45, 2.75) is 5.54 Å². The third kappa shape index (κ3) is 2.26. The number of nitrogens with one attached hydrogen (secondary N) is 2. The van der Waals surface area contributed by atoms with E-state index >= 15 is 0 Å². The van der Waals surface area contributed by atoms with Crippen LogP contribution in [0.25, 0.3) is 0 Å². The third-order valence-electron chi connectivity index (χ3n) is 3.28. The molecule has 4 nitrogen and oxygen atoms in total. The largest absolute Gasteiger partial charge is 1.00 e. The van der Waals surface area contributed by atoms with Gasteiger partial charge in [0.1, 0.15) is 0 Å². The predicted molar refractivity (Wildman–Crippen MR) is 71.5 cm³/mol. The van der Waals surface area contributed by atoms with Gasteiger partial charge in [0.15, 0.2) is 5.54 Å². The zero-order chi connectivity index (χ0) is 13.3. The molecule has 2 aromatic carbocycles. The quantitative estimate of drug-likeness (QED) is 0.539. The Hall–Kier alpha value is -1.62. The number of hydrogen-bond donors (Lipinski definition) is 2. The number of hydrogen-bond acceptors (Lipinski definition) is 2. The molecular formula is C15H13N2NaO2. The van der Waals surface area contributed by atoms with Crippen LogP contribution in [-0.4, -0.2) is 11.9 Å². The fourth-order valence-electron chi connectivity index (χ4n) is 2.40. The van der Waals surface area contributed by atoms with E-state index in [0.29, 0.717) is 0 Å². The fraction of sp³-hybridized carbons (Fsp3) is 0.0667. The number of imide groups is 1. The summed E-state index contributed by atoms with van der Waals surface area (Å²) in [6.07, 6.45) is 0. The maximum absolute atomic E-state index is 12.3. The van der Waals surface area contributed by atoms with Crippen molar-refractivity contribution in [2.75, 3.05) is 0 Å². The molecule has 1 saturated heterocycles. The van der Waals surface area contributed by atoms with Gasteiger partial charge in [-0.2, -0.15) is 0 Å². The molecule has 0 radical (unpaired) electrons. The molecule has 0 aliphatic carbocycles. The van der Waals surface area contributed by atoms with Crippen LogP contribution in [0.15, 0.2) is 60.7 Å². The minimum Gasteiger partial charge on any atom is -1.00 e. The van der Waals surface area contributed by atoms with Crippen molar-refractivity contribution in [1.82, 2.24) is 10.6 Å². The molecular weight excluding hydrogens is 263 g/mol. The Balaban J connectivity index is 0.00000110. The molecule has 1 aliphatic heterocycles. The molecule has 0 aromatic heterocycles. The zero-order valence-electron chi connectivity index (χ0n) is 12.1. The minimum atomic E-state index is -1.14. The maximum Gasteiger partial charge on any atom is 1.00 e. The van der Waals surface area contributed by atoms with Gasteiger partial charge in [-0.05, 0) is 11.1 Å². The summed E-state index contributed by atoms with van der Waals surface area (Å²) in [4.78, 5) is 23.9. The van der Waals surface area contributed by atoms with Crippen LogP contribution in [0.3, 0.4) is 0 Å². The van der Waals surface area contributed by atoms with Crippen molar-refractivity contribution in [3.63, 3.8) is 0 Å². The summed E-state index contributed by atoms with van der Waals surface area (Å²) in [5, 5.41) is 5.07. The van der Waals surface area contributed by atoms with Crippen molar-refractivity contribution in [3.05, 3.63) is 71.8 Å². The Bertz CT molecular complexity index is 595. The molecule has 5 heteroatoms. The van der Waals surface area contributed by atoms with Gasteiger partial charge < -0.3 is 6.74 Å². The van der Waals surface area contributed by atoms with Gasteiger partial charge >= 0.3 is 35.6 Å². The Kier molecular flexibility index (Phi) is 4.28. The second-order valence-corrected chi connectivity index (χ2v) is 4.39. The van der Waals surface area contributed by atoms with Gasteiger partial charge in [-0.15, -0.1) is 0 Å². The monoisotopic (exact) mass is 276 g/mol. The summed E-state index contributed by atoms with van der Waals surface area (Å²) in [7, 11) is 0. The van der Waals surface area contributed by atoms with Crippen LogP contribution in [0.4, 0.5) is 4.79 Å². The molecule has 0 bridgehead atoms. The number of amides is 3. The molecule has 1 heterocycles. The number of carbonyl (C=O) groups excluding carboxylic acids is 2. The average molecular weight is 276 g/mol. The van der Waals surface area contributed by atoms with Gasteiger partial charge in [0.25, 0.3) is 5.91 Å². The first-order valence-corrected chi connectivity index (χ1v) is 5.98. The standard InChI is InChI=1S/C15H12N2O2.Na.H/c18-13-15(17-14(19)16-13,11-7-3-1-4-8-11)12-9-5-2-6-10-12;;/h1-10H,(H2,16,17,18,19);;/q;+1;-1. The topological polar surface area (TPSA) is 58.2 Å². The molecule has 2 aromatic rings. The maximum atomic E-state index is 12.3. The summed E-state index contributed by atoms with van der Waals surface area (Å²) in [5.74, 6) is -0.352. The van der Waals surface area contributed by atoms with Crippen molar-refractivity contribution in [3.8, 4) is 0 Å². The molecule has 0 saturated carbocycles. The molecule has 1 fully saturated rings. The molecule has 1 aliphatic rings. The summed E-state index contributed by atoms with van der Waals surface area (Å²) in [6.45, 7) is 0. The van der Waals surface area contributed by atoms with E-state index in [1.165, 1.54) is 0 Å². The van der Waals surface area contributed by atoms with Crippen LogP contribution in [0.5, 0.6) is 0 Å². The number of carbonyl (C=O) groups is 2. The summed E-state index contributed by atoms with van der Waals surface area (Å²) in [6, 6.07) is 18.0. The van der Waals surface area contributed by atoms with E-state index in [9.17, 15) is 9.59 Å². The van der Waals surface area contributed by atoms with Gasteiger partial charge in [0, 0.05) is 0 Å². The van der Waals surface area contributed by atoms with E-state index in [1.807, 2.05) is 60.7 Å². The van der Waals surface area contributed by atoms with E-state index in [2.05, 4.69) is 10.6 Å². The molecule has 96 valence electrons. The van der Waals surface area contributed by atoms with Crippen LogP contribution < -0.4 is 40.2 Å². The molecule has 0 spiro atoms. The number of rotatable bonds is 2. The minimum absolute atomic E-state index is 0. The van der Waals surface area contributed by atoms with Crippen LogP contribution in [0.2, 0.25) is 0 Å². The molecule has 3 amide bonds. The van der Waals surface area contributed by atoms with E-state index < -0.39 is 11.6 Å². The van der Waals surface area contributed by atoms with Gasteiger partial charge in [-0.1, -0.05) is 60.7 Å². The Morgan fingerprint density at radius 3 is 1.60 bits per heavy atom. The second kappa shape index (κ2) is 5.79. The van der Waals surface area contributed by atoms with Crippen LogP contribution >= 0.6 is 0 Å². The van der Waals surface area contributed by atoms with Gasteiger partial charge in [0.2, 0.25) is 0 Å². The summed E-state index contributed by atoms with van der Waals surface area (Å²) >= 11 is 0. The first-order chi connectivity index (χ1) is 9.23. The molecule has 0 atom stereocenters. The normalized spacial score (nSPS) is 16.0. The van der Waals surface area contributed by atoms with Crippen LogP contribution in [0.1, 0.15) is 12.6 Å². The first kappa shape index (κ1) is 14.8. The van der Waals surface area contributed by atoms with E-state index in [1.54, 1.807) is 0 Å². The van der Waals surface area contributed by atoms with E-state index in [0.717, 1.165) is 11.1 Å². The molecule has 3 rings (SSSR count). The molecule has 20 heavy (non-hydrogen) atoms. The van der Waals surface area contributed by atoms with Gasteiger partial charge in [-0.3, -0.25) is 10.1 Å². The van der Waals surface area contributed by atoms with Crippen molar-refractivity contribution in [2.24, 2.45) is 0 Å². The summed E-state index contributed by atoms with van der Waals surface area (Å²) < 4.78 is 0. The Labute approximate surface area is 140 Å². The Morgan fingerprint density at radius 1 is 0.800 bits per heavy atom. The van der Waals surface area contributed by atoms with Gasteiger partial charge in [-0.25, -0.2) is 4.79 Å². The van der Waals surface area contributed by atoms with Crippen molar-refractivity contribution in [1.29, 1.82) is 0 Å². The SMILES string of the molecule is O=C1NC(=O)C(c2ccccc2)(c2ccccc2)N1.[H-].[Na+]. The first-order valence-electron chi connectivity index (χ1n) is 5.98. The smallest absolute Gasteiger partial charge is 1.00 e. The second-order valence-electron chi connectivity index (χ2n) is 4.39. The summed E-state index contributed by atoms with van der Waals surface area (Å²) in [5.41, 5.74) is 0.341. The third-order valence-corrected chi connectivity index (χ3v) is 3.28. The number of benzene rings is 2. The Morgan fingerprint density at radius 2 is 1.25 bits per heavy atom.